The zero-order valence-corrected chi connectivity index (χ0v) is 14.7. The molecule has 2 rings (SSSR count). The first-order valence-corrected chi connectivity index (χ1v) is 8.41. The molecule has 1 unspecified atom stereocenters. The Bertz CT molecular complexity index is 740. The molecule has 0 radical (unpaired) electrons. The van der Waals surface area contributed by atoms with E-state index < -0.39 is 0 Å². The number of para-hydroxylation sites is 1. The largest absolute Gasteiger partial charge is 0.324 e. The number of hydrogen-bond acceptors (Lipinski definition) is 3. The molecule has 0 bridgehead atoms. The summed E-state index contributed by atoms with van der Waals surface area (Å²) in [7, 11) is 0. The van der Waals surface area contributed by atoms with Crippen LogP contribution in [0.25, 0.3) is 0 Å². The van der Waals surface area contributed by atoms with Crippen molar-refractivity contribution in [2.45, 2.75) is 37.8 Å². The van der Waals surface area contributed by atoms with Gasteiger partial charge in [0.25, 0.3) is 0 Å². The minimum absolute atomic E-state index is 0.0596. The Morgan fingerprint density at radius 2 is 1.78 bits per heavy atom. The van der Waals surface area contributed by atoms with Crippen molar-refractivity contribution in [1.82, 2.24) is 0 Å². The maximum absolute atomic E-state index is 12.4. The van der Waals surface area contributed by atoms with Crippen LogP contribution in [0.1, 0.15) is 35.3 Å². The van der Waals surface area contributed by atoms with Gasteiger partial charge in [-0.1, -0.05) is 29.8 Å². The lowest BCUT2D eigenvalue weighted by Gasteiger charge is -2.15. The number of anilines is 1. The SMILES string of the molecule is CC(=O)c1ccccc1NC(=O)C(C)Sc1ccc(C)cc1C. The number of hydrogen-bond donors (Lipinski definition) is 1. The predicted molar refractivity (Wildman–Crippen MR) is 96.3 cm³/mol. The summed E-state index contributed by atoms with van der Waals surface area (Å²) >= 11 is 1.52. The molecule has 0 saturated heterocycles. The number of thioether (sulfide) groups is 1. The molecule has 1 N–H and O–H groups in total. The maximum atomic E-state index is 12.4. The highest BCUT2D eigenvalue weighted by molar-refractivity contribution is 8.00. The first kappa shape index (κ1) is 17.3. The summed E-state index contributed by atoms with van der Waals surface area (Å²) in [5, 5.41) is 2.61. The molecule has 0 heterocycles. The summed E-state index contributed by atoms with van der Waals surface area (Å²) in [6.45, 7) is 7.47. The number of Topliss-reactive ketones (excluding diaryl/α,β-unsaturated/α-hetero) is 1. The summed E-state index contributed by atoms with van der Waals surface area (Å²) in [6, 6.07) is 13.3. The third kappa shape index (κ3) is 4.45. The molecule has 3 nitrogen and oxygen atoms in total. The van der Waals surface area contributed by atoms with E-state index in [0.29, 0.717) is 11.3 Å². The van der Waals surface area contributed by atoms with E-state index in [2.05, 4.69) is 18.3 Å². The van der Waals surface area contributed by atoms with Gasteiger partial charge >= 0.3 is 0 Å². The van der Waals surface area contributed by atoms with Crippen LogP contribution in [0, 0.1) is 13.8 Å². The highest BCUT2D eigenvalue weighted by Crippen LogP contribution is 2.28. The van der Waals surface area contributed by atoms with Gasteiger partial charge in [0.1, 0.15) is 0 Å². The molecule has 0 aromatic heterocycles. The van der Waals surface area contributed by atoms with Gasteiger partial charge in [0.05, 0.1) is 10.9 Å². The van der Waals surface area contributed by atoms with Crippen molar-refractivity contribution in [1.29, 1.82) is 0 Å². The standard InChI is InChI=1S/C19H21NO2S/c1-12-9-10-18(13(2)11-12)23-15(4)19(22)20-17-8-6-5-7-16(17)14(3)21/h5-11,15H,1-4H3,(H,20,22). The van der Waals surface area contributed by atoms with E-state index >= 15 is 0 Å². The van der Waals surface area contributed by atoms with E-state index in [9.17, 15) is 9.59 Å². The van der Waals surface area contributed by atoms with Gasteiger partial charge in [0, 0.05) is 10.5 Å². The van der Waals surface area contributed by atoms with Crippen molar-refractivity contribution >= 4 is 29.1 Å². The zero-order chi connectivity index (χ0) is 17.0. The Labute approximate surface area is 141 Å². The quantitative estimate of drug-likeness (QED) is 0.643. The second-order valence-corrected chi connectivity index (χ2v) is 7.00. The molecule has 2 aromatic rings. The van der Waals surface area contributed by atoms with E-state index in [4.69, 9.17) is 0 Å². The molecule has 0 aliphatic carbocycles. The second-order valence-electron chi connectivity index (χ2n) is 5.62. The first-order chi connectivity index (χ1) is 10.9. The number of ketones is 1. The number of amides is 1. The number of nitrogens with one attached hydrogen (secondary N) is 1. The molecular formula is C19H21NO2S. The molecule has 0 aliphatic heterocycles. The van der Waals surface area contributed by atoms with Crippen molar-refractivity contribution in [3.05, 3.63) is 59.2 Å². The molecule has 0 fully saturated rings. The fraction of sp³-hybridized carbons (Fsp3) is 0.263. The molecule has 1 atom stereocenters. The molecule has 0 aliphatic rings. The number of rotatable bonds is 5. The van der Waals surface area contributed by atoms with E-state index in [1.54, 1.807) is 18.2 Å². The maximum Gasteiger partial charge on any atom is 0.237 e. The summed E-state index contributed by atoms with van der Waals surface area (Å²) in [6.07, 6.45) is 0. The Morgan fingerprint density at radius 3 is 2.43 bits per heavy atom. The smallest absolute Gasteiger partial charge is 0.237 e. The molecule has 0 spiro atoms. The molecule has 23 heavy (non-hydrogen) atoms. The number of carbonyl (C=O) groups excluding carboxylic acids is 2. The first-order valence-electron chi connectivity index (χ1n) is 7.53. The normalized spacial score (nSPS) is 11.8. The molecule has 1 amide bonds. The van der Waals surface area contributed by atoms with Crippen molar-refractivity contribution < 1.29 is 9.59 Å². The van der Waals surface area contributed by atoms with Gasteiger partial charge in [0.15, 0.2) is 5.78 Å². The fourth-order valence-corrected chi connectivity index (χ4v) is 3.25. The Kier molecular flexibility index (Phi) is 5.61. The van der Waals surface area contributed by atoms with Crippen LogP contribution in [0.5, 0.6) is 0 Å². The summed E-state index contributed by atoms with van der Waals surface area (Å²) < 4.78 is 0. The van der Waals surface area contributed by atoms with E-state index in [0.717, 1.165) is 4.90 Å². The van der Waals surface area contributed by atoms with Gasteiger partial charge in [0.2, 0.25) is 5.91 Å². The number of benzene rings is 2. The van der Waals surface area contributed by atoms with Crippen LogP contribution in [0.4, 0.5) is 5.69 Å². The third-order valence-electron chi connectivity index (χ3n) is 3.57. The van der Waals surface area contributed by atoms with Gasteiger partial charge in [-0.15, -0.1) is 11.8 Å². The van der Waals surface area contributed by atoms with Crippen molar-refractivity contribution in [2.24, 2.45) is 0 Å². The Hall–Kier alpha value is -2.07. The minimum atomic E-state index is -0.253. The van der Waals surface area contributed by atoms with Gasteiger partial charge in [-0.3, -0.25) is 9.59 Å². The monoisotopic (exact) mass is 327 g/mol. The van der Waals surface area contributed by atoms with Crippen molar-refractivity contribution in [3.63, 3.8) is 0 Å². The highest BCUT2D eigenvalue weighted by atomic mass is 32.2. The fourth-order valence-electron chi connectivity index (χ4n) is 2.31. The van der Waals surface area contributed by atoms with Crippen LogP contribution in [0.15, 0.2) is 47.4 Å². The molecule has 120 valence electrons. The van der Waals surface area contributed by atoms with Gasteiger partial charge in [-0.2, -0.15) is 0 Å². The highest BCUT2D eigenvalue weighted by Gasteiger charge is 2.17. The summed E-state index contributed by atoms with van der Waals surface area (Å²) in [4.78, 5) is 25.2. The Morgan fingerprint density at radius 1 is 1.09 bits per heavy atom. The Balaban J connectivity index is 2.10. The molecule has 2 aromatic carbocycles. The summed E-state index contributed by atoms with van der Waals surface area (Å²) in [5.41, 5.74) is 3.47. The lowest BCUT2D eigenvalue weighted by molar-refractivity contribution is -0.115. The van der Waals surface area contributed by atoms with Crippen molar-refractivity contribution in [3.8, 4) is 0 Å². The molecular weight excluding hydrogens is 306 g/mol. The van der Waals surface area contributed by atoms with E-state index in [1.165, 1.54) is 29.8 Å². The molecule has 0 saturated carbocycles. The van der Waals surface area contributed by atoms with Crippen LogP contribution in [0.3, 0.4) is 0 Å². The summed E-state index contributed by atoms with van der Waals surface area (Å²) in [5.74, 6) is -0.167. The van der Waals surface area contributed by atoms with Crippen LogP contribution in [-0.2, 0) is 4.79 Å². The van der Waals surface area contributed by atoms with Gasteiger partial charge in [-0.25, -0.2) is 0 Å². The van der Waals surface area contributed by atoms with E-state index in [1.807, 2.05) is 32.0 Å². The zero-order valence-electron chi connectivity index (χ0n) is 13.8. The number of carbonyl (C=O) groups is 2. The van der Waals surface area contributed by atoms with Gasteiger partial charge < -0.3 is 5.32 Å². The van der Waals surface area contributed by atoms with Gasteiger partial charge in [-0.05, 0) is 51.5 Å². The average molecular weight is 327 g/mol. The molecule has 4 heteroatoms. The average Bonchev–Trinajstić information content (AvgIpc) is 2.50. The van der Waals surface area contributed by atoms with Crippen molar-refractivity contribution in [2.75, 3.05) is 5.32 Å². The number of aryl methyl sites for hydroxylation is 2. The van der Waals surface area contributed by atoms with Crippen LogP contribution < -0.4 is 5.32 Å². The van der Waals surface area contributed by atoms with E-state index in [-0.39, 0.29) is 16.9 Å². The third-order valence-corrected chi connectivity index (χ3v) is 4.85. The lowest BCUT2D eigenvalue weighted by Crippen LogP contribution is -2.23. The second kappa shape index (κ2) is 7.47. The van der Waals surface area contributed by atoms with Crippen LogP contribution >= 0.6 is 11.8 Å². The minimum Gasteiger partial charge on any atom is -0.324 e. The lowest BCUT2D eigenvalue weighted by atomic mass is 10.1. The predicted octanol–water partition coefficient (Wildman–Crippen LogP) is 4.63. The topological polar surface area (TPSA) is 46.2 Å². The van der Waals surface area contributed by atoms with Crippen LogP contribution in [-0.4, -0.2) is 16.9 Å². The van der Waals surface area contributed by atoms with Crippen LogP contribution in [0.2, 0.25) is 0 Å².